The van der Waals surface area contributed by atoms with Crippen molar-refractivity contribution >= 4 is 43.9 Å². The van der Waals surface area contributed by atoms with Gasteiger partial charge in [-0.3, -0.25) is 0 Å². The Morgan fingerprint density at radius 1 is 0.700 bits per heavy atom. The van der Waals surface area contributed by atoms with E-state index in [1.165, 1.54) is 55.7 Å². The van der Waals surface area contributed by atoms with Crippen LogP contribution in [-0.4, -0.2) is 9.52 Å². The van der Waals surface area contributed by atoms with Gasteiger partial charge in [0, 0.05) is 26.2 Å². The number of fused-ring (bicyclic) bond motifs is 2. The van der Waals surface area contributed by atoms with Crippen LogP contribution in [0.5, 0.6) is 0 Å². The summed E-state index contributed by atoms with van der Waals surface area (Å²) in [6, 6.07) is 13.2. The monoisotopic (exact) mass is 530 g/mol. The van der Waals surface area contributed by atoms with Crippen LogP contribution in [0, 0.1) is 13.8 Å². The van der Waals surface area contributed by atoms with Crippen molar-refractivity contribution in [2.45, 2.75) is 63.4 Å². The van der Waals surface area contributed by atoms with Crippen molar-refractivity contribution in [2.75, 3.05) is 0 Å². The van der Waals surface area contributed by atoms with Crippen LogP contribution in [0.3, 0.4) is 0 Å². The van der Waals surface area contributed by atoms with Crippen molar-refractivity contribution < 1.29 is 26.2 Å². The van der Waals surface area contributed by atoms with Gasteiger partial charge in [-0.25, -0.2) is 0 Å². The first-order chi connectivity index (χ1) is 13.7. The van der Waals surface area contributed by atoms with Gasteiger partial charge in [-0.2, -0.15) is 0 Å². The van der Waals surface area contributed by atoms with Gasteiger partial charge in [0.15, 0.2) is 0 Å². The zero-order valence-electron chi connectivity index (χ0n) is 18.8. The van der Waals surface area contributed by atoms with Crippen molar-refractivity contribution in [3.8, 4) is 0 Å². The molecule has 4 heteroatoms. The average Bonchev–Trinajstić information content (AvgIpc) is 3.02. The summed E-state index contributed by atoms with van der Waals surface area (Å²) in [5.41, 5.74) is 13.4. The summed E-state index contributed by atoms with van der Waals surface area (Å²) in [7, 11) is -1.04. The number of aryl methyl sites for hydroxylation is 2. The Balaban J connectivity index is 0.00000256. The maximum atomic E-state index is 7.68. The number of halogens is 2. The molecule has 2 unspecified atom stereocenters. The largest absolute Gasteiger partial charge is 0.114 e. The van der Waals surface area contributed by atoms with Gasteiger partial charge in [-0.15, -0.1) is 23.2 Å². The molecule has 2 aromatic carbocycles. The van der Waals surface area contributed by atoms with E-state index in [0.29, 0.717) is 0 Å². The van der Waals surface area contributed by atoms with Crippen molar-refractivity contribution in [3.05, 3.63) is 80.9 Å². The summed E-state index contributed by atoms with van der Waals surface area (Å²) in [5.74, 6) is 0. The Morgan fingerprint density at radius 2 is 1.07 bits per heavy atom. The van der Waals surface area contributed by atoms with Crippen LogP contribution in [0.15, 0.2) is 47.5 Å². The molecule has 0 aliphatic heterocycles. The molecule has 0 heterocycles. The fourth-order valence-corrected chi connectivity index (χ4v) is 11.4. The molecule has 0 aromatic heterocycles. The molecular weight excluding hydrogens is 503 g/mol. The van der Waals surface area contributed by atoms with E-state index in [0.717, 1.165) is 12.8 Å². The Morgan fingerprint density at radius 3 is 1.40 bits per heavy atom. The molecule has 156 valence electrons. The van der Waals surface area contributed by atoms with E-state index in [4.69, 9.17) is 23.2 Å². The molecule has 0 spiro atoms. The third-order valence-electron chi connectivity index (χ3n) is 7.21. The molecule has 0 bridgehead atoms. The van der Waals surface area contributed by atoms with Crippen LogP contribution < -0.4 is 0 Å². The van der Waals surface area contributed by atoms with E-state index in [1.807, 2.05) is 0 Å². The zero-order chi connectivity index (χ0) is 21.1. The SMILES string of the molecule is CCC1=C(C)c2c(C)cccc2C1(Cl)[SiH2]C1(Cl)C(CC)=C(C)c2c(C)cccc21.[Zr]. The third kappa shape index (κ3) is 3.24. The number of hydrogen-bond donors (Lipinski definition) is 0. The normalized spacial score (nSPS) is 25.2. The quantitative estimate of drug-likeness (QED) is 0.285. The summed E-state index contributed by atoms with van der Waals surface area (Å²) in [4.78, 5) is 0. The second-order valence-electron chi connectivity index (χ2n) is 8.69. The van der Waals surface area contributed by atoms with E-state index >= 15 is 0 Å². The van der Waals surface area contributed by atoms with E-state index in [1.54, 1.807) is 0 Å². The first kappa shape index (κ1) is 24.2. The van der Waals surface area contributed by atoms with E-state index in [9.17, 15) is 0 Å². The average molecular weight is 533 g/mol. The minimum atomic E-state index is -1.04. The van der Waals surface area contributed by atoms with Gasteiger partial charge in [-0.05, 0) is 96.2 Å². The molecule has 0 nitrogen and oxygen atoms in total. The molecule has 0 N–H and O–H groups in total. The van der Waals surface area contributed by atoms with E-state index in [2.05, 4.69) is 77.9 Å². The summed E-state index contributed by atoms with van der Waals surface area (Å²) < 4.78 is -0.873. The molecule has 4 rings (SSSR count). The molecule has 0 saturated carbocycles. The van der Waals surface area contributed by atoms with E-state index in [-0.39, 0.29) is 26.2 Å². The smallest absolute Gasteiger partial charge is 0.0923 e. The maximum absolute atomic E-state index is 7.68. The topological polar surface area (TPSA) is 0 Å². The predicted molar refractivity (Wildman–Crippen MR) is 132 cm³/mol. The molecule has 0 radical (unpaired) electrons. The molecule has 2 atom stereocenters. The number of benzene rings is 2. The van der Waals surface area contributed by atoms with Crippen molar-refractivity contribution in [2.24, 2.45) is 0 Å². The van der Waals surface area contributed by atoms with Crippen molar-refractivity contribution in [3.63, 3.8) is 0 Å². The van der Waals surface area contributed by atoms with Crippen LogP contribution in [-0.2, 0) is 35.2 Å². The van der Waals surface area contributed by atoms with Crippen molar-refractivity contribution in [1.82, 2.24) is 0 Å². The Kier molecular flexibility index (Phi) is 6.88. The molecule has 0 saturated heterocycles. The molecule has 2 aromatic rings. The third-order valence-corrected chi connectivity index (χ3v) is 11.5. The van der Waals surface area contributed by atoms with Crippen LogP contribution in [0.4, 0.5) is 0 Å². The van der Waals surface area contributed by atoms with Crippen LogP contribution in [0.25, 0.3) is 11.1 Å². The van der Waals surface area contributed by atoms with Crippen LogP contribution in [0.1, 0.15) is 73.9 Å². The summed E-state index contributed by atoms with van der Waals surface area (Å²) in [5, 5.41) is 0. The first-order valence-corrected chi connectivity index (χ1v) is 12.9. The summed E-state index contributed by atoms with van der Waals surface area (Å²) in [6.45, 7) is 13.4. The molecule has 2 aliphatic carbocycles. The van der Waals surface area contributed by atoms with Gasteiger partial charge in [0.25, 0.3) is 0 Å². The maximum Gasteiger partial charge on any atom is 0.0923 e. The standard InChI is InChI=1S/C26H30Cl2Si.Zr/c1-7-19-17(5)23-15(3)11-9-13-21(23)25(19,27)29-26(28)20(8-2)18(6)24-16(4)12-10-14-22(24)26;/h9-14H,7-8,29H2,1-6H3;. The minimum absolute atomic E-state index is 0. The number of allylic oxidation sites excluding steroid dienone is 4. The van der Waals surface area contributed by atoms with Gasteiger partial charge >= 0.3 is 0 Å². The number of hydrogen-bond acceptors (Lipinski definition) is 0. The fourth-order valence-electron chi connectivity index (χ4n) is 6.04. The Bertz CT molecular complexity index is 999. The summed E-state index contributed by atoms with van der Waals surface area (Å²) >= 11 is 15.4. The Labute approximate surface area is 213 Å². The zero-order valence-corrected chi connectivity index (χ0v) is 24.2. The molecule has 2 aliphatic rings. The predicted octanol–water partition coefficient (Wildman–Crippen LogP) is 7.35. The number of alkyl halides is 2. The second-order valence-corrected chi connectivity index (χ2v) is 13.4. The second kappa shape index (κ2) is 8.51. The molecule has 0 fully saturated rings. The van der Waals surface area contributed by atoms with Gasteiger partial charge < -0.3 is 0 Å². The van der Waals surface area contributed by atoms with Crippen LogP contribution in [0.2, 0.25) is 0 Å². The summed E-state index contributed by atoms with van der Waals surface area (Å²) in [6.07, 6.45) is 1.93. The van der Waals surface area contributed by atoms with Gasteiger partial charge in [0.05, 0.1) is 18.5 Å². The Hall–Kier alpha value is -0.400. The van der Waals surface area contributed by atoms with Crippen LogP contribution >= 0.6 is 23.2 Å². The van der Waals surface area contributed by atoms with E-state index < -0.39 is 18.5 Å². The fraction of sp³-hybridized carbons (Fsp3) is 0.385. The van der Waals surface area contributed by atoms with Gasteiger partial charge in [0.1, 0.15) is 0 Å². The molecule has 0 amide bonds. The van der Waals surface area contributed by atoms with Gasteiger partial charge in [0.2, 0.25) is 0 Å². The first-order valence-electron chi connectivity index (χ1n) is 10.7. The number of rotatable bonds is 4. The minimum Gasteiger partial charge on any atom is -0.114 e. The molecule has 30 heavy (non-hydrogen) atoms. The molecular formula is C26H30Cl2SiZr. The van der Waals surface area contributed by atoms with Gasteiger partial charge in [-0.1, -0.05) is 50.2 Å². The van der Waals surface area contributed by atoms with Crippen molar-refractivity contribution in [1.29, 1.82) is 0 Å².